The van der Waals surface area contributed by atoms with Gasteiger partial charge in [-0.15, -0.1) is 0 Å². The number of benzene rings is 1. The summed E-state index contributed by atoms with van der Waals surface area (Å²) in [4.78, 5) is 25.4. The molecule has 1 saturated carbocycles. The molecule has 3 aromatic rings. The van der Waals surface area contributed by atoms with Crippen molar-refractivity contribution in [2.75, 3.05) is 17.3 Å². The third-order valence-electron chi connectivity index (χ3n) is 5.25. The number of hydrogen-bond donors (Lipinski definition) is 2. The molecule has 1 fully saturated rings. The molecule has 0 atom stereocenters. The average molecular weight is 489 g/mol. The number of aromatic nitrogens is 4. The lowest BCUT2D eigenvalue weighted by Crippen LogP contribution is -2.16. The molecule has 0 aliphatic heterocycles. The van der Waals surface area contributed by atoms with Gasteiger partial charge in [-0.3, -0.25) is 4.79 Å². The molecule has 0 bridgehead atoms. The second kappa shape index (κ2) is 9.28. The maximum absolute atomic E-state index is 13.2. The number of hydrogen-bond acceptors (Lipinski definition) is 9. The van der Waals surface area contributed by atoms with Crippen LogP contribution < -0.4 is 11.1 Å². The molecule has 2 aromatic heterocycles. The highest BCUT2D eigenvalue weighted by molar-refractivity contribution is 7.90. The highest BCUT2D eigenvalue weighted by Gasteiger charge is 2.21. The van der Waals surface area contributed by atoms with E-state index < -0.39 is 15.7 Å². The highest BCUT2D eigenvalue weighted by atomic mass is 35.5. The van der Waals surface area contributed by atoms with Crippen molar-refractivity contribution in [3.05, 3.63) is 47.3 Å². The van der Waals surface area contributed by atoms with E-state index in [1.807, 2.05) is 6.08 Å². The number of anilines is 2. The van der Waals surface area contributed by atoms with Crippen LogP contribution in [0.5, 0.6) is 0 Å². The first kappa shape index (κ1) is 22.9. The number of halogens is 1. The van der Waals surface area contributed by atoms with E-state index in [0.717, 1.165) is 31.9 Å². The Hall–Kier alpha value is -3.31. The number of allylic oxidation sites excluding steroid dienone is 1. The summed E-state index contributed by atoms with van der Waals surface area (Å²) < 4.78 is 28.5. The lowest BCUT2D eigenvalue weighted by molar-refractivity contribution is -0.111. The third kappa shape index (κ3) is 5.37. The fourth-order valence-corrected chi connectivity index (χ4v) is 4.99. The molecule has 0 spiro atoms. The number of nitrogens with zero attached hydrogens (tertiary/aromatic N) is 4. The number of carbonyl (C=O) groups is 1. The predicted molar refractivity (Wildman–Crippen MR) is 123 cm³/mol. The maximum Gasteiger partial charge on any atom is 0.319 e. The molecule has 33 heavy (non-hydrogen) atoms. The number of nitrogen functional groups attached to an aromatic ring is 1. The molecule has 1 aliphatic carbocycles. The zero-order chi connectivity index (χ0) is 23.6. The van der Waals surface area contributed by atoms with E-state index in [0.29, 0.717) is 16.8 Å². The summed E-state index contributed by atoms with van der Waals surface area (Å²) in [6.07, 6.45) is 9.90. The standard InChI is InChI=1S/C21H21ClN6O4S/c1-33(30,31)17-7-6-13(9-15(17)22)14(8-12-4-2-3-5-12)20(29)26-18-11-24-16(10-25-18)19-27-21(23)32-28-19/h6-12H,2-5H2,1H3,(H2,23,27,28)(H,25,26,29)/b14-8+. The number of nitrogens with one attached hydrogen (secondary N) is 1. The topological polar surface area (TPSA) is 154 Å². The van der Waals surface area contributed by atoms with Gasteiger partial charge in [0.2, 0.25) is 5.82 Å². The summed E-state index contributed by atoms with van der Waals surface area (Å²) in [7, 11) is -3.49. The molecule has 4 rings (SSSR count). The Morgan fingerprint density at radius 1 is 1.24 bits per heavy atom. The number of rotatable bonds is 6. The second-order valence-electron chi connectivity index (χ2n) is 7.74. The molecular formula is C21H21ClN6O4S. The van der Waals surface area contributed by atoms with Crippen molar-refractivity contribution in [1.82, 2.24) is 20.1 Å². The van der Waals surface area contributed by atoms with Crippen molar-refractivity contribution in [2.45, 2.75) is 30.6 Å². The van der Waals surface area contributed by atoms with Crippen LogP contribution >= 0.6 is 11.6 Å². The zero-order valence-electron chi connectivity index (χ0n) is 17.7. The minimum atomic E-state index is -3.49. The monoisotopic (exact) mass is 488 g/mol. The van der Waals surface area contributed by atoms with Gasteiger partial charge in [-0.2, -0.15) is 4.98 Å². The first-order chi connectivity index (χ1) is 15.7. The van der Waals surface area contributed by atoms with E-state index >= 15 is 0 Å². The Labute approximate surface area is 195 Å². The first-order valence-corrected chi connectivity index (χ1v) is 12.4. The van der Waals surface area contributed by atoms with E-state index in [4.69, 9.17) is 21.9 Å². The van der Waals surface area contributed by atoms with Crippen molar-refractivity contribution in [3.63, 3.8) is 0 Å². The number of carbonyl (C=O) groups excluding carboxylic acids is 1. The smallest absolute Gasteiger partial charge is 0.319 e. The predicted octanol–water partition coefficient (Wildman–Crippen LogP) is 3.38. The normalized spacial score (nSPS) is 15.0. The van der Waals surface area contributed by atoms with Crippen molar-refractivity contribution < 1.29 is 17.7 Å². The minimum absolute atomic E-state index is 0.0112. The molecule has 12 heteroatoms. The summed E-state index contributed by atoms with van der Waals surface area (Å²) in [6, 6.07) is 4.39. The Kier molecular flexibility index (Phi) is 6.43. The molecule has 2 heterocycles. The molecule has 1 amide bonds. The highest BCUT2D eigenvalue weighted by Crippen LogP contribution is 2.32. The van der Waals surface area contributed by atoms with Crippen LogP contribution in [-0.4, -0.2) is 40.7 Å². The molecular weight excluding hydrogens is 468 g/mol. The summed E-state index contributed by atoms with van der Waals surface area (Å²) >= 11 is 6.23. The van der Waals surface area contributed by atoms with E-state index in [-0.39, 0.29) is 33.5 Å². The van der Waals surface area contributed by atoms with Gasteiger partial charge < -0.3 is 15.6 Å². The van der Waals surface area contributed by atoms with Crippen molar-refractivity contribution in [2.24, 2.45) is 5.92 Å². The van der Waals surface area contributed by atoms with Crippen molar-refractivity contribution in [1.29, 1.82) is 0 Å². The van der Waals surface area contributed by atoms with Gasteiger partial charge in [-0.05, 0) is 36.5 Å². The van der Waals surface area contributed by atoms with E-state index in [1.54, 1.807) is 6.07 Å². The fraction of sp³-hybridized carbons (Fsp3) is 0.286. The summed E-state index contributed by atoms with van der Waals surface area (Å²) in [5.74, 6) is 0.240. The zero-order valence-corrected chi connectivity index (χ0v) is 19.2. The molecule has 1 aliphatic rings. The second-order valence-corrected chi connectivity index (χ2v) is 10.1. The molecule has 0 unspecified atom stereocenters. The average Bonchev–Trinajstić information content (AvgIpc) is 3.43. The Bertz CT molecular complexity index is 1310. The lowest BCUT2D eigenvalue weighted by atomic mass is 9.98. The van der Waals surface area contributed by atoms with Gasteiger partial charge in [-0.1, -0.05) is 41.7 Å². The Balaban J connectivity index is 1.61. The van der Waals surface area contributed by atoms with Crippen LogP contribution in [0.1, 0.15) is 31.2 Å². The quantitative estimate of drug-likeness (QED) is 0.496. The van der Waals surface area contributed by atoms with Gasteiger partial charge in [0.05, 0.1) is 22.3 Å². The SMILES string of the molecule is CS(=O)(=O)c1ccc(/C(=C\C2CCCC2)C(=O)Nc2cnc(-c3noc(N)n3)cn2)cc1Cl. The molecule has 3 N–H and O–H groups in total. The van der Waals surface area contributed by atoms with Gasteiger partial charge >= 0.3 is 6.01 Å². The van der Waals surface area contributed by atoms with Crippen molar-refractivity contribution in [3.8, 4) is 11.5 Å². The largest absolute Gasteiger partial charge is 0.351 e. The van der Waals surface area contributed by atoms with E-state index in [2.05, 4.69) is 25.4 Å². The Morgan fingerprint density at radius 2 is 2.00 bits per heavy atom. The summed E-state index contributed by atoms with van der Waals surface area (Å²) in [5, 5.41) is 6.46. The molecule has 172 valence electrons. The van der Waals surface area contributed by atoms with Gasteiger partial charge in [0.25, 0.3) is 5.91 Å². The van der Waals surface area contributed by atoms with E-state index in [1.165, 1.54) is 24.5 Å². The van der Waals surface area contributed by atoms with Crippen LogP contribution in [0.25, 0.3) is 17.1 Å². The molecule has 0 saturated heterocycles. The molecule has 10 nitrogen and oxygen atoms in total. The number of amides is 1. The Morgan fingerprint density at radius 3 is 2.58 bits per heavy atom. The van der Waals surface area contributed by atoms with Gasteiger partial charge in [0.15, 0.2) is 15.7 Å². The van der Waals surface area contributed by atoms with Crippen LogP contribution in [-0.2, 0) is 14.6 Å². The van der Waals surface area contributed by atoms with Crippen LogP contribution in [0.4, 0.5) is 11.8 Å². The fourth-order valence-electron chi connectivity index (χ4n) is 3.66. The summed E-state index contributed by atoms with van der Waals surface area (Å²) in [6.45, 7) is 0. The van der Waals surface area contributed by atoms with Crippen molar-refractivity contribution >= 4 is 44.8 Å². The van der Waals surface area contributed by atoms with Gasteiger partial charge in [0, 0.05) is 11.8 Å². The third-order valence-corrected chi connectivity index (χ3v) is 6.83. The lowest BCUT2D eigenvalue weighted by Gasteiger charge is -2.13. The van der Waals surface area contributed by atoms with Gasteiger partial charge in [0.1, 0.15) is 5.69 Å². The molecule has 1 aromatic carbocycles. The maximum atomic E-state index is 13.2. The van der Waals surface area contributed by atoms with E-state index in [9.17, 15) is 13.2 Å². The van der Waals surface area contributed by atoms with Crippen LogP contribution in [0, 0.1) is 5.92 Å². The summed E-state index contributed by atoms with van der Waals surface area (Å²) in [5.41, 5.74) is 6.66. The number of sulfone groups is 1. The van der Waals surface area contributed by atoms with Crippen LogP contribution in [0.2, 0.25) is 5.02 Å². The van der Waals surface area contributed by atoms with Gasteiger partial charge in [-0.25, -0.2) is 18.4 Å². The first-order valence-electron chi connectivity index (χ1n) is 10.2. The van der Waals surface area contributed by atoms with Crippen LogP contribution in [0.15, 0.2) is 46.1 Å². The van der Waals surface area contributed by atoms with Crippen LogP contribution in [0.3, 0.4) is 0 Å². The number of nitrogens with two attached hydrogens (primary N) is 1. The molecule has 0 radical (unpaired) electrons. The minimum Gasteiger partial charge on any atom is -0.351 e.